The van der Waals surface area contributed by atoms with Crippen molar-refractivity contribution in [2.24, 2.45) is 0 Å². The number of likely N-dealkylation sites (tertiary alicyclic amines) is 1. The first-order chi connectivity index (χ1) is 11.7. The van der Waals surface area contributed by atoms with Crippen molar-refractivity contribution >= 4 is 12.0 Å². The number of nitrogens with one attached hydrogen (secondary N) is 1. The van der Waals surface area contributed by atoms with Crippen molar-refractivity contribution in [1.29, 1.82) is 0 Å². The zero-order chi connectivity index (χ0) is 16.8. The molecule has 1 unspecified atom stereocenters. The highest BCUT2D eigenvalue weighted by atomic mass is 16.6. The topological polar surface area (TPSA) is 61.9 Å². The third kappa shape index (κ3) is 4.47. The number of hydrogen-bond acceptors (Lipinski definition) is 4. The van der Waals surface area contributed by atoms with Gasteiger partial charge in [0.05, 0.1) is 13.2 Å². The summed E-state index contributed by atoms with van der Waals surface area (Å²) in [4.78, 5) is 27.4. The van der Waals surface area contributed by atoms with Crippen LogP contribution in [0.5, 0.6) is 0 Å². The van der Waals surface area contributed by atoms with Crippen LogP contribution >= 0.6 is 0 Å². The number of nitrogens with zero attached hydrogens (tertiary/aromatic N) is 2. The molecular weight excluding hydrogens is 306 g/mol. The van der Waals surface area contributed by atoms with E-state index >= 15 is 0 Å². The first-order valence-electron chi connectivity index (χ1n) is 8.68. The van der Waals surface area contributed by atoms with Crippen LogP contribution in [0.1, 0.15) is 24.3 Å². The van der Waals surface area contributed by atoms with E-state index in [2.05, 4.69) is 34.5 Å². The van der Waals surface area contributed by atoms with Crippen LogP contribution in [0.3, 0.4) is 0 Å². The second kappa shape index (κ2) is 8.15. The molecule has 0 bridgehead atoms. The van der Waals surface area contributed by atoms with Gasteiger partial charge in [0, 0.05) is 26.2 Å². The SMILES string of the molecule is O=C(CN1CCC(c2ccccc2)C1)NCCN1CCCOC1=O. The van der Waals surface area contributed by atoms with E-state index in [0.717, 1.165) is 25.9 Å². The Morgan fingerprint density at radius 3 is 2.88 bits per heavy atom. The lowest BCUT2D eigenvalue weighted by molar-refractivity contribution is -0.122. The lowest BCUT2D eigenvalue weighted by atomic mass is 9.99. The van der Waals surface area contributed by atoms with Crippen molar-refractivity contribution in [3.8, 4) is 0 Å². The van der Waals surface area contributed by atoms with E-state index in [1.54, 1.807) is 4.90 Å². The van der Waals surface area contributed by atoms with Gasteiger partial charge in [0.2, 0.25) is 5.91 Å². The fourth-order valence-corrected chi connectivity index (χ4v) is 3.36. The minimum absolute atomic E-state index is 0.0223. The maximum atomic E-state index is 12.1. The molecule has 0 aromatic heterocycles. The fourth-order valence-electron chi connectivity index (χ4n) is 3.36. The summed E-state index contributed by atoms with van der Waals surface area (Å²) in [6.07, 6.45) is 1.67. The lowest BCUT2D eigenvalue weighted by Gasteiger charge is -2.26. The second-order valence-corrected chi connectivity index (χ2v) is 6.44. The van der Waals surface area contributed by atoms with Crippen molar-refractivity contribution in [3.63, 3.8) is 0 Å². The summed E-state index contributed by atoms with van der Waals surface area (Å²) in [6, 6.07) is 10.5. The van der Waals surface area contributed by atoms with E-state index in [9.17, 15) is 9.59 Å². The van der Waals surface area contributed by atoms with Crippen molar-refractivity contribution in [1.82, 2.24) is 15.1 Å². The number of carbonyl (C=O) groups excluding carboxylic acids is 2. The van der Waals surface area contributed by atoms with E-state index in [-0.39, 0.29) is 12.0 Å². The van der Waals surface area contributed by atoms with Crippen molar-refractivity contribution in [2.75, 3.05) is 45.9 Å². The highest BCUT2D eigenvalue weighted by molar-refractivity contribution is 5.78. The highest BCUT2D eigenvalue weighted by Crippen LogP contribution is 2.26. The molecule has 0 spiro atoms. The molecule has 1 aromatic carbocycles. The molecule has 0 radical (unpaired) electrons. The molecule has 1 N–H and O–H groups in total. The van der Waals surface area contributed by atoms with Crippen LogP contribution in [0.25, 0.3) is 0 Å². The van der Waals surface area contributed by atoms with Crippen LogP contribution in [0.15, 0.2) is 30.3 Å². The van der Waals surface area contributed by atoms with E-state index in [4.69, 9.17) is 4.74 Å². The average molecular weight is 331 g/mol. The number of hydrogen-bond donors (Lipinski definition) is 1. The van der Waals surface area contributed by atoms with E-state index in [1.807, 2.05) is 6.07 Å². The van der Waals surface area contributed by atoms with Gasteiger partial charge in [-0.15, -0.1) is 0 Å². The maximum absolute atomic E-state index is 12.1. The smallest absolute Gasteiger partial charge is 0.409 e. The van der Waals surface area contributed by atoms with Crippen LogP contribution < -0.4 is 5.32 Å². The molecule has 1 atom stereocenters. The number of cyclic esters (lactones) is 1. The molecule has 2 heterocycles. The fraction of sp³-hybridized carbons (Fsp3) is 0.556. The van der Waals surface area contributed by atoms with Crippen molar-refractivity contribution in [3.05, 3.63) is 35.9 Å². The Labute approximate surface area is 142 Å². The van der Waals surface area contributed by atoms with Crippen LogP contribution in [0.2, 0.25) is 0 Å². The third-order valence-electron chi connectivity index (χ3n) is 4.67. The first kappa shape index (κ1) is 16.8. The summed E-state index contributed by atoms with van der Waals surface area (Å²) in [5, 5.41) is 2.90. The lowest BCUT2D eigenvalue weighted by Crippen LogP contribution is -2.44. The number of carbonyl (C=O) groups is 2. The van der Waals surface area contributed by atoms with Crippen LogP contribution in [0, 0.1) is 0 Å². The molecule has 1 aromatic rings. The monoisotopic (exact) mass is 331 g/mol. The molecule has 3 rings (SSSR count). The summed E-state index contributed by atoms with van der Waals surface area (Å²) in [5.74, 6) is 0.538. The van der Waals surface area contributed by atoms with E-state index in [0.29, 0.717) is 38.7 Å². The Hall–Kier alpha value is -2.08. The van der Waals surface area contributed by atoms with E-state index in [1.165, 1.54) is 5.56 Å². The first-order valence-corrected chi connectivity index (χ1v) is 8.68. The summed E-state index contributed by atoms with van der Waals surface area (Å²) >= 11 is 0. The zero-order valence-corrected chi connectivity index (χ0v) is 13.9. The predicted octanol–water partition coefficient (Wildman–Crippen LogP) is 1.43. The Kier molecular flexibility index (Phi) is 5.69. The molecule has 2 fully saturated rings. The van der Waals surface area contributed by atoms with Gasteiger partial charge < -0.3 is 15.0 Å². The minimum atomic E-state index is -0.277. The maximum Gasteiger partial charge on any atom is 0.409 e. The minimum Gasteiger partial charge on any atom is -0.449 e. The van der Waals surface area contributed by atoms with Gasteiger partial charge in [-0.3, -0.25) is 9.69 Å². The largest absolute Gasteiger partial charge is 0.449 e. The summed E-state index contributed by atoms with van der Waals surface area (Å²) in [7, 11) is 0. The van der Waals surface area contributed by atoms with Gasteiger partial charge in [-0.05, 0) is 30.9 Å². The number of benzene rings is 1. The molecule has 130 valence electrons. The Bertz CT molecular complexity index is 564. The third-order valence-corrected chi connectivity index (χ3v) is 4.67. The summed E-state index contributed by atoms with van der Waals surface area (Å²) < 4.78 is 4.98. The highest BCUT2D eigenvalue weighted by Gasteiger charge is 2.25. The molecule has 2 aliphatic rings. The number of ether oxygens (including phenoxy) is 1. The van der Waals surface area contributed by atoms with Gasteiger partial charge in [-0.2, -0.15) is 0 Å². The Balaban J connectivity index is 1.36. The molecule has 24 heavy (non-hydrogen) atoms. The standard InChI is InChI=1S/C18H25N3O3/c22-17(19-8-11-21-9-4-12-24-18(21)23)14-20-10-7-16(13-20)15-5-2-1-3-6-15/h1-3,5-6,16H,4,7-14H2,(H,19,22). The molecule has 2 saturated heterocycles. The number of amides is 2. The molecule has 0 saturated carbocycles. The molecule has 2 amide bonds. The van der Waals surface area contributed by atoms with Crippen LogP contribution in [-0.2, 0) is 9.53 Å². The zero-order valence-electron chi connectivity index (χ0n) is 13.9. The summed E-state index contributed by atoms with van der Waals surface area (Å²) in [6.45, 7) is 4.50. The van der Waals surface area contributed by atoms with Gasteiger partial charge >= 0.3 is 6.09 Å². The number of rotatable bonds is 6. The Morgan fingerprint density at radius 2 is 2.08 bits per heavy atom. The quantitative estimate of drug-likeness (QED) is 0.857. The van der Waals surface area contributed by atoms with Gasteiger partial charge in [0.1, 0.15) is 0 Å². The van der Waals surface area contributed by atoms with Gasteiger partial charge in [-0.25, -0.2) is 4.79 Å². The molecule has 0 aliphatic carbocycles. The molecular formula is C18H25N3O3. The predicted molar refractivity (Wildman–Crippen MR) is 90.8 cm³/mol. The van der Waals surface area contributed by atoms with Crippen molar-refractivity contribution in [2.45, 2.75) is 18.8 Å². The summed E-state index contributed by atoms with van der Waals surface area (Å²) in [5.41, 5.74) is 1.35. The molecule has 6 nitrogen and oxygen atoms in total. The normalized spacial score (nSPS) is 21.6. The van der Waals surface area contributed by atoms with Crippen LogP contribution in [0.4, 0.5) is 4.79 Å². The van der Waals surface area contributed by atoms with Gasteiger partial charge in [0.15, 0.2) is 0 Å². The Morgan fingerprint density at radius 1 is 1.25 bits per heavy atom. The second-order valence-electron chi connectivity index (χ2n) is 6.44. The molecule has 2 aliphatic heterocycles. The van der Waals surface area contributed by atoms with Crippen LogP contribution in [-0.4, -0.2) is 67.7 Å². The van der Waals surface area contributed by atoms with Crippen molar-refractivity contribution < 1.29 is 14.3 Å². The van der Waals surface area contributed by atoms with Gasteiger partial charge in [-0.1, -0.05) is 30.3 Å². The van der Waals surface area contributed by atoms with Gasteiger partial charge in [0.25, 0.3) is 0 Å². The molecule has 6 heteroatoms. The van der Waals surface area contributed by atoms with E-state index < -0.39 is 0 Å². The average Bonchev–Trinajstić information content (AvgIpc) is 3.06.